The van der Waals surface area contributed by atoms with E-state index in [-0.39, 0.29) is 14.9 Å². The predicted octanol–water partition coefficient (Wildman–Crippen LogP) is 8.35. The van der Waals surface area contributed by atoms with Crippen LogP contribution in [0.25, 0.3) is 0 Å². The molecule has 0 aromatic rings. The van der Waals surface area contributed by atoms with Crippen LogP contribution in [0.3, 0.4) is 0 Å². The van der Waals surface area contributed by atoms with Crippen LogP contribution in [0.5, 0.6) is 0 Å². The first-order valence-electron chi connectivity index (χ1n) is 8.91. The topological polar surface area (TPSA) is 0 Å². The van der Waals surface area contributed by atoms with Gasteiger partial charge in [0.15, 0.2) is 0 Å². The molecule has 2 rings (SSSR count). The predicted molar refractivity (Wildman–Crippen MR) is 105 cm³/mol. The van der Waals surface area contributed by atoms with E-state index in [1.54, 1.807) is 0 Å². The molecule has 0 saturated heterocycles. The second-order valence-electron chi connectivity index (χ2n) is 10.4. The maximum Gasteiger partial charge on any atom is -0.0347 e. The molecule has 2 aliphatic carbocycles. The smallest absolute Gasteiger partial charge is 0.0347 e. The van der Waals surface area contributed by atoms with Crippen LogP contribution < -0.4 is 0 Å². The fraction of sp³-hybridized carbons (Fsp3) is 1.00. The zero-order valence-corrected chi connectivity index (χ0v) is 15.6. The lowest BCUT2D eigenvalue weighted by Crippen LogP contribution is -2.32. The summed E-state index contributed by atoms with van der Waals surface area (Å²) in [6.45, 7) is 19.2. The lowest BCUT2D eigenvalue weighted by molar-refractivity contribution is 0.0754. The molecule has 0 heterocycles. The monoisotopic (exact) mass is 312 g/mol. The molecule has 0 aliphatic heterocycles. The van der Waals surface area contributed by atoms with Gasteiger partial charge in [-0.3, -0.25) is 0 Å². The maximum atomic E-state index is 2.41. The Kier molecular flexibility index (Phi) is 9.64. The SMILES string of the molecule is C.C.CC1CC(C)(C)CC(C)(C)C1.CC1CCC(C)(C)CC1. The third-order valence-electron chi connectivity index (χ3n) is 5.39. The minimum atomic E-state index is 0. The van der Waals surface area contributed by atoms with Gasteiger partial charge in [-0.2, -0.15) is 0 Å². The summed E-state index contributed by atoms with van der Waals surface area (Å²) >= 11 is 0. The van der Waals surface area contributed by atoms with E-state index < -0.39 is 0 Å². The Balaban J connectivity index is 0. The van der Waals surface area contributed by atoms with Crippen molar-refractivity contribution in [2.75, 3.05) is 0 Å². The van der Waals surface area contributed by atoms with E-state index in [9.17, 15) is 0 Å². The molecule has 0 atom stereocenters. The van der Waals surface area contributed by atoms with E-state index in [1.807, 2.05) is 0 Å². The summed E-state index contributed by atoms with van der Waals surface area (Å²) in [4.78, 5) is 0. The van der Waals surface area contributed by atoms with Crippen LogP contribution in [0, 0.1) is 28.1 Å². The summed E-state index contributed by atoms with van der Waals surface area (Å²) in [7, 11) is 0. The molecule has 2 saturated carbocycles. The highest BCUT2D eigenvalue weighted by Crippen LogP contribution is 2.47. The number of rotatable bonds is 0. The average Bonchev–Trinajstić information content (AvgIpc) is 2.18. The molecule has 0 heteroatoms. The maximum absolute atomic E-state index is 2.41. The molecule has 0 bridgehead atoms. The minimum absolute atomic E-state index is 0. The first-order valence-corrected chi connectivity index (χ1v) is 8.91. The van der Waals surface area contributed by atoms with Gasteiger partial charge in [-0.05, 0) is 60.2 Å². The van der Waals surface area contributed by atoms with Gasteiger partial charge in [-0.1, -0.05) is 83.1 Å². The molecule has 2 fully saturated rings. The fourth-order valence-electron chi connectivity index (χ4n) is 4.94. The lowest BCUT2D eigenvalue weighted by Gasteiger charge is -2.44. The molecule has 0 amide bonds. The molecule has 136 valence electrons. The summed E-state index contributed by atoms with van der Waals surface area (Å²) in [6, 6.07) is 0. The van der Waals surface area contributed by atoms with E-state index in [2.05, 4.69) is 55.4 Å². The van der Waals surface area contributed by atoms with Crippen LogP contribution in [0.4, 0.5) is 0 Å². The minimum Gasteiger partial charge on any atom is -0.0776 e. The molecule has 22 heavy (non-hydrogen) atoms. The van der Waals surface area contributed by atoms with Gasteiger partial charge in [0.25, 0.3) is 0 Å². The molecular weight excluding hydrogens is 264 g/mol. The molecule has 2 aliphatic rings. The van der Waals surface area contributed by atoms with E-state index in [0.717, 1.165) is 11.8 Å². The Morgan fingerprint density at radius 3 is 1.23 bits per heavy atom. The van der Waals surface area contributed by atoms with Crippen LogP contribution >= 0.6 is 0 Å². The van der Waals surface area contributed by atoms with Gasteiger partial charge in [-0.15, -0.1) is 0 Å². The van der Waals surface area contributed by atoms with Crippen molar-refractivity contribution >= 4 is 0 Å². The van der Waals surface area contributed by atoms with Crippen molar-refractivity contribution in [1.29, 1.82) is 0 Å². The Labute approximate surface area is 143 Å². The van der Waals surface area contributed by atoms with Gasteiger partial charge >= 0.3 is 0 Å². The summed E-state index contributed by atoms with van der Waals surface area (Å²) < 4.78 is 0. The van der Waals surface area contributed by atoms with E-state index in [4.69, 9.17) is 0 Å². The van der Waals surface area contributed by atoms with Crippen LogP contribution in [0.2, 0.25) is 0 Å². The van der Waals surface area contributed by atoms with Crippen molar-refractivity contribution in [3.05, 3.63) is 0 Å². The molecule has 0 aromatic carbocycles. The highest BCUT2D eigenvalue weighted by atomic mass is 14.4. The highest BCUT2D eigenvalue weighted by Gasteiger charge is 2.36. The Hall–Kier alpha value is 0. The van der Waals surface area contributed by atoms with Gasteiger partial charge < -0.3 is 0 Å². The molecule has 0 aromatic heterocycles. The quantitative estimate of drug-likeness (QED) is 0.421. The van der Waals surface area contributed by atoms with Crippen molar-refractivity contribution < 1.29 is 0 Å². The Bertz CT molecular complexity index is 269. The highest BCUT2D eigenvalue weighted by molar-refractivity contribution is 4.87. The summed E-state index contributed by atoms with van der Waals surface area (Å²) in [6.07, 6.45) is 10.00. The van der Waals surface area contributed by atoms with Crippen molar-refractivity contribution in [2.45, 2.75) is 115 Å². The van der Waals surface area contributed by atoms with Crippen molar-refractivity contribution in [3.63, 3.8) is 0 Å². The third-order valence-corrected chi connectivity index (χ3v) is 5.39. The lowest BCUT2D eigenvalue weighted by atomic mass is 9.62. The van der Waals surface area contributed by atoms with Crippen LogP contribution in [-0.2, 0) is 0 Å². The summed E-state index contributed by atoms with van der Waals surface area (Å²) in [5, 5.41) is 0. The second kappa shape index (κ2) is 8.74. The largest absolute Gasteiger partial charge is 0.0776 e. The Morgan fingerprint density at radius 2 is 0.955 bits per heavy atom. The molecule has 0 unspecified atom stereocenters. The van der Waals surface area contributed by atoms with Gasteiger partial charge in [-0.25, -0.2) is 0 Å². The third kappa shape index (κ3) is 9.21. The van der Waals surface area contributed by atoms with Crippen molar-refractivity contribution in [1.82, 2.24) is 0 Å². The second-order valence-corrected chi connectivity index (χ2v) is 10.4. The molecular formula is C22H48. The first kappa shape index (κ1) is 24.3. The van der Waals surface area contributed by atoms with Crippen LogP contribution in [0.15, 0.2) is 0 Å². The Morgan fingerprint density at radius 1 is 0.591 bits per heavy atom. The van der Waals surface area contributed by atoms with E-state index in [0.29, 0.717) is 16.2 Å². The molecule has 0 nitrogen and oxygen atoms in total. The summed E-state index contributed by atoms with van der Waals surface area (Å²) in [5.74, 6) is 1.92. The zero-order valence-electron chi connectivity index (χ0n) is 15.6. The first-order chi connectivity index (χ1) is 8.91. The van der Waals surface area contributed by atoms with Gasteiger partial charge in [0.2, 0.25) is 0 Å². The number of hydrogen-bond donors (Lipinski definition) is 0. The van der Waals surface area contributed by atoms with Gasteiger partial charge in [0.1, 0.15) is 0 Å². The molecule has 0 N–H and O–H groups in total. The molecule has 0 radical (unpaired) electrons. The summed E-state index contributed by atoms with van der Waals surface area (Å²) in [5.41, 5.74) is 1.83. The van der Waals surface area contributed by atoms with E-state index >= 15 is 0 Å². The normalized spacial score (nSPS) is 26.7. The van der Waals surface area contributed by atoms with Gasteiger partial charge in [0, 0.05) is 0 Å². The van der Waals surface area contributed by atoms with Crippen molar-refractivity contribution in [2.24, 2.45) is 28.1 Å². The standard InChI is InChI=1S/C11H22.C9H18.2CH4/c1-9-6-10(2,3)8-11(4,5)7-9;1-8-4-6-9(2,3)7-5-8;;/h9H,6-8H2,1-5H3;8H,4-7H2,1-3H3;2*1H4. The van der Waals surface area contributed by atoms with E-state index in [1.165, 1.54) is 44.9 Å². The number of hydrogen-bond acceptors (Lipinski definition) is 0. The van der Waals surface area contributed by atoms with Crippen LogP contribution in [0.1, 0.15) is 115 Å². The van der Waals surface area contributed by atoms with Crippen molar-refractivity contribution in [3.8, 4) is 0 Å². The van der Waals surface area contributed by atoms with Gasteiger partial charge in [0.05, 0.1) is 0 Å². The molecule has 0 spiro atoms. The van der Waals surface area contributed by atoms with Crippen LogP contribution in [-0.4, -0.2) is 0 Å². The zero-order chi connectivity index (χ0) is 15.6. The average molecular weight is 313 g/mol. The fourth-order valence-corrected chi connectivity index (χ4v) is 4.94.